The second kappa shape index (κ2) is 5.98. The molecular formula is C10H18N2O. The van der Waals surface area contributed by atoms with Gasteiger partial charge in [0.05, 0.1) is 19.3 Å². The lowest BCUT2D eigenvalue weighted by Crippen LogP contribution is -2.45. The molecule has 0 aliphatic carbocycles. The van der Waals surface area contributed by atoms with E-state index in [-0.39, 0.29) is 0 Å². The zero-order chi connectivity index (χ0) is 9.52. The van der Waals surface area contributed by atoms with Crippen LogP contribution in [0.15, 0.2) is 0 Å². The molecule has 0 aromatic rings. The Morgan fingerprint density at radius 2 is 2.54 bits per heavy atom. The van der Waals surface area contributed by atoms with E-state index in [1.54, 1.807) is 0 Å². The van der Waals surface area contributed by atoms with Crippen LogP contribution in [0.1, 0.15) is 6.92 Å². The second-order valence-corrected chi connectivity index (χ2v) is 3.23. The van der Waals surface area contributed by atoms with Crippen LogP contribution in [-0.2, 0) is 4.74 Å². The van der Waals surface area contributed by atoms with Crippen molar-refractivity contribution in [2.45, 2.75) is 13.0 Å². The van der Waals surface area contributed by atoms with Gasteiger partial charge in [0.1, 0.15) is 0 Å². The molecular weight excluding hydrogens is 164 g/mol. The minimum absolute atomic E-state index is 0.307. The molecule has 0 radical (unpaired) electrons. The van der Waals surface area contributed by atoms with E-state index in [1.165, 1.54) is 0 Å². The topological polar surface area (TPSA) is 24.5 Å². The van der Waals surface area contributed by atoms with Gasteiger partial charge in [-0.3, -0.25) is 4.90 Å². The van der Waals surface area contributed by atoms with Crippen molar-refractivity contribution < 1.29 is 4.74 Å². The molecule has 1 N–H and O–H groups in total. The van der Waals surface area contributed by atoms with Crippen LogP contribution in [0.25, 0.3) is 0 Å². The number of ether oxygens (including phenoxy) is 1. The Morgan fingerprint density at radius 3 is 3.08 bits per heavy atom. The van der Waals surface area contributed by atoms with Crippen molar-refractivity contribution in [3.63, 3.8) is 0 Å². The largest absolute Gasteiger partial charge is 0.374 e. The zero-order valence-corrected chi connectivity index (χ0v) is 8.25. The highest BCUT2D eigenvalue weighted by Gasteiger charge is 2.15. The lowest BCUT2D eigenvalue weighted by atomic mass is 10.3. The average molecular weight is 182 g/mol. The van der Waals surface area contributed by atoms with Crippen LogP contribution in [0.2, 0.25) is 0 Å². The number of morpholine rings is 1. The first-order valence-electron chi connectivity index (χ1n) is 4.85. The highest BCUT2D eigenvalue weighted by Crippen LogP contribution is 1.99. The molecule has 0 bridgehead atoms. The molecule has 0 aromatic heterocycles. The molecule has 0 amide bonds. The molecule has 1 heterocycles. The molecule has 1 aliphatic rings. The molecule has 13 heavy (non-hydrogen) atoms. The summed E-state index contributed by atoms with van der Waals surface area (Å²) < 4.78 is 5.58. The van der Waals surface area contributed by atoms with Crippen LogP contribution in [0.3, 0.4) is 0 Å². The Morgan fingerprint density at radius 1 is 1.69 bits per heavy atom. The van der Waals surface area contributed by atoms with Gasteiger partial charge in [0.2, 0.25) is 0 Å². The number of hydrogen-bond donors (Lipinski definition) is 1. The number of rotatable bonds is 4. The normalized spacial score (nSPS) is 23.0. The fraction of sp³-hybridized carbons (Fsp3) is 0.800. The van der Waals surface area contributed by atoms with Crippen LogP contribution < -0.4 is 5.32 Å². The molecule has 1 saturated heterocycles. The predicted octanol–water partition coefficient (Wildman–Crippen LogP) is -0.0701. The monoisotopic (exact) mass is 182 g/mol. The quantitative estimate of drug-likeness (QED) is 0.616. The molecule has 1 rings (SSSR count). The summed E-state index contributed by atoms with van der Waals surface area (Å²) in [5.41, 5.74) is 0. The Kier molecular flexibility index (Phi) is 4.84. The third kappa shape index (κ3) is 3.77. The summed E-state index contributed by atoms with van der Waals surface area (Å²) in [5.74, 6) is 2.66. The summed E-state index contributed by atoms with van der Waals surface area (Å²) in [5, 5.41) is 3.30. The van der Waals surface area contributed by atoms with Crippen molar-refractivity contribution in [3.8, 4) is 12.3 Å². The average Bonchev–Trinajstić information content (AvgIpc) is 2.19. The van der Waals surface area contributed by atoms with Crippen LogP contribution in [0.5, 0.6) is 0 Å². The van der Waals surface area contributed by atoms with Crippen molar-refractivity contribution in [2.24, 2.45) is 0 Å². The maximum Gasteiger partial charge on any atom is 0.0827 e. The summed E-state index contributed by atoms with van der Waals surface area (Å²) in [4.78, 5) is 2.22. The van der Waals surface area contributed by atoms with Crippen molar-refractivity contribution in [1.82, 2.24) is 10.2 Å². The first-order valence-corrected chi connectivity index (χ1v) is 4.85. The molecule has 1 unspecified atom stereocenters. The summed E-state index contributed by atoms with van der Waals surface area (Å²) in [7, 11) is 0. The van der Waals surface area contributed by atoms with Gasteiger partial charge in [0.15, 0.2) is 0 Å². The third-order valence-corrected chi connectivity index (χ3v) is 2.23. The standard InChI is InChI=1S/C10H18N2O/c1-3-6-12(4-2)9-10-8-11-5-7-13-10/h1,10-11H,4-9H2,2H3. The van der Waals surface area contributed by atoms with Gasteiger partial charge in [-0.1, -0.05) is 12.8 Å². The summed E-state index contributed by atoms with van der Waals surface area (Å²) in [6.07, 6.45) is 5.57. The highest BCUT2D eigenvalue weighted by atomic mass is 16.5. The molecule has 74 valence electrons. The third-order valence-electron chi connectivity index (χ3n) is 2.23. The van der Waals surface area contributed by atoms with Gasteiger partial charge in [-0.25, -0.2) is 0 Å². The first-order chi connectivity index (χ1) is 6.36. The Hall–Kier alpha value is -0.560. The number of nitrogens with zero attached hydrogens (tertiary/aromatic N) is 1. The number of likely N-dealkylation sites (N-methyl/N-ethyl adjacent to an activating group) is 1. The van der Waals surface area contributed by atoms with Crippen molar-refractivity contribution in [2.75, 3.05) is 39.3 Å². The molecule has 3 nitrogen and oxygen atoms in total. The van der Waals surface area contributed by atoms with Crippen molar-refractivity contribution in [1.29, 1.82) is 0 Å². The minimum Gasteiger partial charge on any atom is -0.374 e. The summed E-state index contributed by atoms with van der Waals surface area (Å²) in [6.45, 7) is 7.50. The number of hydrogen-bond acceptors (Lipinski definition) is 3. The van der Waals surface area contributed by atoms with Gasteiger partial charge in [-0.2, -0.15) is 0 Å². The van der Waals surface area contributed by atoms with Crippen LogP contribution >= 0.6 is 0 Å². The molecule has 1 fully saturated rings. The van der Waals surface area contributed by atoms with Crippen LogP contribution in [0, 0.1) is 12.3 Å². The smallest absolute Gasteiger partial charge is 0.0827 e. The summed E-state index contributed by atoms with van der Waals surface area (Å²) in [6, 6.07) is 0. The van der Waals surface area contributed by atoms with Gasteiger partial charge >= 0.3 is 0 Å². The molecule has 0 spiro atoms. The van der Waals surface area contributed by atoms with Crippen molar-refractivity contribution >= 4 is 0 Å². The molecule has 3 heteroatoms. The second-order valence-electron chi connectivity index (χ2n) is 3.23. The number of terminal acetylenes is 1. The van der Waals surface area contributed by atoms with Crippen molar-refractivity contribution in [3.05, 3.63) is 0 Å². The first kappa shape index (κ1) is 10.5. The van der Waals surface area contributed by atoms with E-state index in [2.05, 4.69) is 23.1 Å². The molecule has 1 atom stereocenters. The lowest BCUT2D eigenvalue weighted by molar-refractivity contribution is 0.00876. The van der Waals surface area contributed by atoms with E-state index in [0.29, 0.717) is 6.10 Å². The van der Waals surface area contributed by atoms with E-state index < -0.39 is 0 Å². The maximum absolute atomic E-state index is 5.58. The minimum atomic E-state index is 0.307. The highest BCUT2D eigenvalue weighted by molar-refractivity contribution is 4.88. The Bertz CT molecular complexity index is 170. The van der Waals surface area contributed by atoms with E-state index in [1.807, 2.05) is 0 Å². The molecule has 1 aliphatic heterocycles. The van der Waals surface area contributed by atoms with E-state index in [4.69, 9.17) is 11.2 Å². The van der Waals surface area contributed by atoms with Gasteiger partial charge in [0.25, 0.3) is 0 Å². The van der Waals surface area contributed by atoms with Gasteiger partial charge in [-0.05, 0) is 6.54 Å². The maximum atomic E-state index is 5.58. The van der Waals surface area contributed by atoms with Gasteiger partial charge < -0.3 is 10.1 Å². The van der Waals surface area contributed by atoms with Gasteiger partial charge in [0, 0.05) is 19.6 Å². The molecule has 0 saturated carbocycles. The SMILES string of the molecule is C#CCN(CC)CC1CNCCO1. The fourth-order valence-electron chi connectivity index (χ4n) is 1.46. The van der Waals surface area contributed by atoms with E-state index in [9.17, 15) is 0 Å². The van der Waals surface area contributed by atoms with E-state index in [0.717, 1.165) is 39.3 Å². The summed E-state index contributed by atoms with van der Waals surface area (Å²) >= 11 is 0. The predicted molar refractivity (Wildman–Crippen MR) is 53.6 cm³/mol. The van der Waals surface area contributed by atoms with E-state index >= 15 is 0 Å². The Balaban J connectivity index is 2.23. The fourth-order valence-corrected chi connectivity index (χ4v) is 1.46. The zero-order valence-electron chi connectivity index (χ0n) is 8.25. The lowest BCUT2D eigenvalue weighted by Gasteiger charge is -2.28. The molecule has 0 aromatic carbocycles. The Labute approximate surface area is 80.4 Å². The van der Waals surface area contributed by atoms with Gasteiger partial charge in [-0.15, -0.1) is 6.42 Å². The van der Waals surface area contributed by atoms with Crippen LogP contribution in [-0.4, -0.2) is 50.3 Å². The van der Waals surface area contributed by atoms with Crippen LogP contribution in [0.4, 0.5) is 0 Å². The number of nitrogens with one attached hydrogen (secondary N) is 1.